The fourth-order valence-corrected chi connectivity index (χ4v) is 3.39. The van der Waals surface area contributed by atoms with E-state index in [2.05, 4.69) is 25.5 Å². The number of hydrogen-bond donors (Lipinski definition) is 1. The number of benzene rings is 2. The Bertz CT molecular complexity index is 700. The Morgan fingerprint density at radius 2 is 1.70 bits per heavy atom. The van der Waals surface area contributed by atoms with E-state index in [1.807, 2.05) is 30.3 Å². The zero-order chi connectivity index (χ0) is 14.8. The lowest BCUT2D eigenvalue weighted by atomic mass is 9.91. The summed E-state index contributed by atoms with van der Waals surface area (Å²) in [5.74, 6) is 0. The van der Waals surface area contributed by atoms with Gasteiger partial charge in [0.1, 0.15) is 0 Å². The van der Waals surface area contributed by atoms with Crippen LogP contribution in [0.25, 0.3) is 10.8 Å². The number of nitrogens with one attached hydrogen (secondary N) is 1. The predicted molar refractivity (Wildman–Crippen MR) is 83.2 cm³/mol. The molecule has 20 heavy (non-hydrogen) atoms. The molecule has 0 heterocycles. The fraction of sp³-hybridized carbons (Fsp3) is 0.375. The molecule has 2 rings (SSSR count). The van der Waals surface area contributed by atoms with Crippen LogP contribution in [0.2, 0.25) is 0 Å². The van der Waals surface area contributed by atoms with Gasteiger partial charge >= 0.3 is 0 Å². The number of hydrogen-bond acceptors (Lipinski definition) is 2. The van der Waals surface area contributed by atoms with Crippen LogP contribution in [-0.2, 0) is 10.0 Å². The average molecular weight is 291 g/mol. The molecule has 0 unspecified atom stereocenters. The number of sulfonamides is 1. The maximum Gasteiger partial charge on any atom is 0.241 e. The second-order valence-corrected chi connectivity index (χ2v) is 7.55. The van der Waals surface area contributed by atoms with Crippen LogP contribution in [-0.4, -0.2) is 15.0 Å². The van der Waals surface area contributed by atoms with Crippen LogP contribution in [0, 0.1) is 5.41 Å². The van der Waals surface area contributed by atoms with Gasteiger partial charge in [-0.05, 0) is 23.3 Å². The standard InChI is InChI=1S/C16H21NO2S/c1-4-16(2,3)12-17-20(18,19)15-11-7-9-13-8-5-6-10-14(13)15/h5-11,17H,4,12H2,1-3H3. The first-order valence-corrected chi connectivity index (χ1v) is 8.31. The lowest BCUT2D eigenvalue weighted by Gasteiger charge is -2.23. The molecular weight excluding hydrogens is 270 g/mol. The first-order chi connectivity index (χ1) is 9.36. The average Bonchev–Trinajstić information content (AvgIpc) is 2.45. The molecule has 2 aromatic rings. The Balaban J connectivity index is 2.38. The molecule has 2 aromatic carbocycles. The molecule has 0 aromatic heterocycles. The van der Waals surface area contributed by atoms with E-state index >= 15 is 0 Å². The van der Waals surface area contributed by atoms with Crippen molar-refractivity contribution >= 4 is 20.8 Å². The van der Waals surface area contributed by atoms with Crippen molar-refractivity contribution in [1.29, 1.82) is 0 Å². The molecule has 108 valence electrons. The van der Waals surface area contributed by atoms with Gasteiger partial charge in [-0.3, -0.25) is 0 Å². The van der Waals surface area contributed by atoms with E-state index in [0.717, 1.165) is 17.2 Å². The highest BCUT2D eigenvalue weighted by atomic mass is 32.2. The van der Waals surface area contributed by atoms with Gasteiger partial charge in [0.15, 0.2) is 0 Å². The molecule has 1 N–H and O–H groups in total. The monoisotopic (exact) mass is 291 g/mol. The van der Waals surface area contributed by atoms with Crippen molar-refractivity contribution in [2.24, 2.45) is 5.41 Å². The van der Waals surface area contributed by atoms with Crippen LogP contribution in [0.4, 0.5) is 0 Å². The third-order valence-corrected chi connectivity index (χ3v) is 5.20. The molecular formula is C16H21NO2S. The molecule has 0 saturated carbocycles. The van der Waals surface area contributed by atoms with Crippen LogP contribution in [0.5, 0.6) is 0 Å². The van der Waals surface area contributed by atoms with E-state index in [1.165, 1.54) is 0 Å². The topological polar surface area (TPSA) is 46.2 Å². The van der Waals surface area contributed by atoms with Crippen LogP contribution >= 0.6 is 0 Å². The molecule has 0 bridgehead atoms. The molecule has 0 radical (unpaired) electrons. The zero-order valence-electron chi connectivity index (χ0n) is 12.2. The van der Waals surface area contributed by atoms with Gasteiger partial charge in [0, 0.05) is 11.9 Å². The minimum atomic E-state index is -3.48. The van der Waals surface area contributed by atoms with Crippen molar-refractivity contribution < 1.29 is 8.42 Å². The summed E-state index contributed by atoms with van der Waals surface area (Å²) in [6.45, 7) is 6.61. The number of fused-ring (bicyclic) bond motifs is 1. The van der Waals surface area contributed by atoms with Gasteiger partial charge in [-0.1, -0.05) is 57.2 Å². The summed E-state index contributed by atoms with van der Waals surface area (Å²) in [5.41, 5.74) is -0.0440. The Kier molecular flexibility index (Phi) is 4.16. The minimum Gasteiger partial charge on any atom is -0.211 e. The summed E-state index contributed by atoms with van der Waals surface area (Å²) in [4.78, 5) is 0.350. The Morgan fingerprint density at radius 3 is 2.40 bits per heavy atom. The van der Waals surface area contributed by atoms with E-state index in [-0.39, 0.29) is 5.41 Å². The molecule has 3 nitrogen and oxygen atoms in total. The highest BCUT2D eigenvalue weighted by Crippen LogP contribution is 2.24. The Morgan fingerprint density at radius 1 is 1.05 bits per heavy atom. The van der Waals surface area contributed by atoms with Crippen molar-refractivity contribution in [3.63, 3.8) is 0 Å². The fourth-order valence-electron chi connectivity index (χ4n) is 1.92. The van der Waals surface area contributed by atoms with Crippen LogP contribution in [0.3, 0.4) is 0 Å². The summed E-state index contributed by atoms with van der Waals surface area (Å²) in [7, 11) is -3.48. The normalized spacial score (nSPS) is 12.8. The van der Waals surface area contributed by atoms with Gasteiger partial charge in [0.2, 0.25) is 10.0 Å². The van der Waals surface area contributed by atoms with Crippen LogP contribution in [0.15, 0.2) is 47.4 Å². The van der Waals surface area contributed by atoms with Crippen LogP contribution < -0.4 is 4.72 Å². The lowest BCUT2D eigenvalue weighted by Crippen LogP contribution is -2.33. The Hall–Kier alpha value is -1.39. The molecule has 0 aliphatic heterocycles. The quantitative estimate of drug-likeness (QED) is 0.915. The van der Waals surface area contributed by atoms with Gasteiger partial charge in [-0.25, -0.2) is 13.1 Å². The molecule has 0 spiro atoms. The molecule has 0 saturated heterocycles. The minimum absolute atomic E-state index is 0.0440. The third kappa shape index (κ3) is 3.19. The summed E-state index contributed by atoms with van der Waals surface area (Å²) in [5, 5.41) is 1.70. The van der Waals surface area contributed by atoms with Crippen molar-refractivity contribution in [3.8, 4) is 0 Å². The second kappa shape index (κ2) is 5.54. The van der Waals surface area contributed by atoms with Gasteiger partial charge in [0.05, 0.1) is 4.90 Å². The van der Waals surface area contributed by atoms with Crippen LogP contribution in [0.1, 0.15) is 27.2 Å². The first kappa shape index (κ1) is 15.0. The Labute approximate surface area is 121 Å². The molecule has 4 heteroatoms. The van der Waals surface area contributed by atoms with E-state index in [4.69, 9.17) is 0 Å². The van der Waals surface area contributed by atoms with Crippen molar-refractivity contribution in [1.82, 2.24) is 4.72 Å². The zero-order valence-corrected chi connectivity index (χ0v) is 13.0. The highest BCUT2D eigenvalue weighted by Gasteiger charge is 2.22. The molecule has 0 aliphatic carbocycles. The van der Waals surface area contributed by atoms with Crippen molar-refractivity contribution in [2.75, 3.05) is 6.54 Å². The maximum atomic E-state index is 12.5. The first-order valence-electron chi connectivity index (χ1n) is 6.83. The van der Waals surface area contributed by atoms with E-state index in [0.29, 0.717) is 11.4 Å². The number of rotatable bonds is 5. The summed E-state index contributed by atoms with van der Waals surface area (Å²) >= 11 is 0. The van der Waals surface area contributed by atoms with Gasteiger partial charge < -0.3 is 0 Å². The smallest absolute Gasteiger partial charge is 0.211 e. The largest absolute Gasteiger partial charge is 0.241 e. The molecule has 0 aliphatic rings. The van der Waals surface area contributed by atoms with Crippen molar-refractivity contribution in [2.45, 2.75) is 32.1 Å². The predicted octanol–water partition coefficient (Wildman–Crippen LogP) is 3.55. The SMILES string of the molecule is CCC(C)(C)CNS(=O)(=O)c1cccc2ccccc12. The van der Waals surface area contributed by atoms with Gasteiger partial charge in [-0.15, -0.1) is 0 Å². The summed E-state index contributed by atoms with van der Waals surface area (Å²) < 4.78 is 27.7. The second-order valence-electron chi connectivity index (χ2n) is 5.82. The van der Waals surface area contributed by atoms with E-state index in [9.17, 15) is 8.42 Å². The third-order valence-electron chi connectivity index (χ3n) is 3.74. The van der Waals surface area contributed by atoms with E-state index in [1.54, 1.807) is 12.1 Å². The molecule has 0 amide bonds. The van der Waals surface area contributed by atoms with Gasteiger partial charge in [0.25, 0.3) is 0 Å². The summed E-state index contributed by atoms with van der Waals surface area (Å²) in [6.07, 6.45) is 0.922. The maximum absolute atomic E-state index is 12.5. The van der Waals surface area contributed by atoms with Gasteiger partial charge in [-0.2, -0.15) is 0 Å². The summed E-state index contributed by atoms with van der Waals surface area (Å²) in [6, 6.07) is 12.9. The van der Waals surface area contributed by atoms with E-state index < -0.39 is 10.0 Å². The highest BCUT2D eigenvalue weighted by molar-refractivity contribution is 7.89. The lowest BCUT2D eigenvalue weighted by molar-refractivity contribution is 0.350. The molecule has 0 fully saturated rings. The van der Waals surface area contributed by atoms with Crippen molar-refractivity contribution in [3.05, 3.63) is 42.5 Å². The molecule has 0 atom stereocenters.